The third-order valence-corrected chi connectivity index (χ3v) is 14.7. The van der Waals surface area contributed by atoms with Gasteiger partial charge in [0.25, 0.3) is 6.71 Å². The fourth-order valence-electron chi connectivity index (χ4n) is 10.7. The first kappa shape index (κ1) is 36.4. The second-order valence-corrected chi connectivity index (χ2v) is 18.1. The van der Waals surface area contributed by atoms with Gasteiger partial charge in [0.15, 0.2) is 0 Å². The number of hydrogen-bond donors (Lipinski definition) is 0. The Bertz CT molecular complexity index is 2910. The van der Waals surface area contributed by atoms with E-state index in [1.807, 2.05) is 11.8 Å². The lowest BCUT2D eigenvalue weighted by Crippen LogP contribution is -2.61. The molecule has 12 rings (SSSR count). The quantitative estimate of drug-likeness (QED) is 0.155. The van der Waals surface area contributed by atoms with Gasteiger partial charge in [0.1, 0.15) is 0 Å². The molecule has 3 heterocycles. The molecule has 1 saturated carbocycles. The van der Waals surface area contributed by atoms with Crippen LogP contribution < -0.4 is 31.1 Å². The Morgan fingerprint density at radius 1 is 0.459 bits per heavy atom. The molecule has 294 valence electrons. The van der Waals surface area contributed by atoms with Crippen molar-refractivity contribution in [2.24, 2.45) is 0 Å². The molecule has 0 amide bonds. The first-order chi connectivity index (χ1) is 30.2. The van der Waals surface area contributed by atoms with Gasteiger partial charge in [0.2, 0.25) is 0 Å². The highest BCUT2D eigenvalue weighted by atomic mass is 32.2. The smallest absolute Gasteiger partial charge is 0.252 e. The molecule has 1 aliphatic carbocycles. The maximum atomic E-state index is 2.60. The van der Waals surface area contributed by atoms with Gasteiger partial charge in [-0.15, -0.1) is 0 Å². The Balaban J connectivity index is 1.09. The van der Waals surface area contributed by atoms with Crippen molar-refractivity contribution in [1.82, 2.24) is 0 Å². The number of rotatable bonds is 6. The van der Waals surface area contributed by atoms with Crippen LogP contribution in [0.4, 0.5) is 51.2 Å². The average Bonchev–Trinajstić information content (AvgIpc) is 3.33. The number of aryl methyl sites for hydroxylation is 1. The van der Waals surface area contributed by atoms with Crippen LogP contribution in [0.5, 0.6) is 0 Å². The molecule has 0 N–H and O–H groups in total. The summed E-state index contributed by atoms with van der Waals surface area (Å²) < 4.78 is 0. The normalized spacial score (nSPS) is 15.1. The first-order valence-corrected chi connectivity index (χ1v) is 22.9. The second kappa shape index (κ2) is 14.9. The largest absolute Gasteiger partial charge is 0.311 e. The zero-order valence-electron chi connectivity index (χ0n) is 34.5. The van der Waals surface area contributed by atoms with Gasteiger partial charge < -0.3 is 14.7 Å². The van der Waals surface area contributed by atoms with Crippen LogP contribution in [0.3, 0.4) is 0 Å². The number of benzene rings is 8. The van der Waals surface area contributed by atoms with Crippen molar-refractivity contribution in [2.45, 2.75) is 61.2 Å². The highest BCUT2D eigenvalue weighted by Gasteiger charge is 2.44. The highest BCUT2D eigenvalue weighted by molar-refractivity contribution is 7.99. The van der Waals surface area contributed by atoms with Crippen molar-refractivity contribution in [1.29, 1.82) is 0 Å². The zero-order chi connectivity index (χ0) is 40.4. The van der Waals surface area contributed by atoms with Crippen molar-refractivity contribution < 1.29 is 0 Å². The molecule has 3 aliphatic heterocycles. The topological polar surface area (TPSA) is 9.72 Å². The molecule has 4 aliphatic rings. The van der Waals surface area contributed by atoms with Crippen LogP contribution >= 0.6 is 11.8 Å². The Morgan fingerprint density at radius 3 is 1.72 bits per heavy atom. The molecule has 0 radical (unpaired) electrons. The van der Waals surface area contributed by atoms with Crippen LogP contribution in [0, 0.1) is 0 Å². The molecule has 3 nitrogen and oxygen atoms in total. The van der Waals surface area contributed by atoms with Crippen LogP contribution in [0.15, 0.2) is 192 Å². The van der Waals surface area contributed by atoms with Gasteiger partial charge in [0.05, 0.1) is 11.4 Å². The number of para-hydroxylation sites is 3. The predicted octanol–water partition coefficient (Wildman–Crippen LogP) is 14.0. The van der Waals surface area contributed by atoms with Crippen molar-refractivity contribution in [3.05, 3.63) is 193 Å². The summed E-state index contributed by atoms with van der Waals surface area (Å²) in [4.78, 5) is 10.2. The third-order valence-electron chi connectivity index (χ3n) is 13.6. The maximum Gasteiger partial charge on any atom is 0.252 e. The number of fused-ring (bicyclic) bond motifs is 6. The minimum atomic E-state index is 0.0975. The molecular formula is C56H46BN3S. The molecule has 0 spiro atoms. The van der Waals surface area contributed by atoms with Crippen LogP contribution in [0.1, 0.15) is 56.1 Å². The van der Waals surface area contributed by atoms with E-state index in [4.69, 9.17) is 0 Å². The molecule has 0 aromatic heterocycles. The summed E-state index contributed by atoms with van der Waals surface area (Å²) in [5, 5.41) is 0. The lowest BCUT2D eigenvalue weighted by molar-refractivity contribution is 0.444. The first-order valence-electron chi connectivity index (χ1n) is 22.1. The average molecular weight is 804 g/mol. The van der Waals surface area contributed by atoms with Gasteiger partial charge in [-0.05, 0) is 143 Å². The van der Waals surface area contributed by atoms with Gasteiger partial charge in [0, 0.05) is 49.6 Å². The Morgan fingerprint density at radius 2 is 1.03 bits per heavy atom. The molecule has 8 aromatic rings. The van der Waals surface area contributed by atoms with Crippen molar-refractivity contribution >= 4 is 86.0 Å². The van der Waals surface area contributed by atoms with Crippen LogP contribution in [0.2, 0.25) is 0 Å². The third kappa shape index (κ3) is 6.04. The van der Waals surface area contributed by atoms with E-state index in [1.54, 1.807) is 0 Å². The second-order valence-electron chi connectivity index (χ2n) is 17.0. The summed E-state index contributed by atoms with van der Waals surface area (Å²) in [7, 11) is 0. The molecule has 5 heteroatoms. The summed E-state index contributed by atoms with van der Waals surface area (Å²) in [6.45, 7) is 2.38. The summed E-state index contributed by atoms with van der Waals surface area (Å²) >= 11 is 1.86. The van der Waals surface area contributed by atoms with E-state index in [0.29, 0.717) is 5.92 Å². The van der Waals surface area contributed by atoms with E-state index >= 15 is 0 Å². The minimum Gasteiger partial charge on any atom is -0.311 e. The van der Waals surface area contributed by atoms with Gasteiger partial charge in [-0.1, -0.05) is 141 Å². The van der Waals surface area contributed by atoms with Gasteiger partial charge in [-0.2, -0.15) is 0 Å². The van der Waals surface area contributed by atoms with E-state index in [2.05, 4.69) is 204 Å². The minimum absolute atomic E-state index is 0.0975. The van der Waals surface area contributed by atoms with Crippen molar-refractivity contribution in [3.63, 3.8) is 0 Å². The van der Waals surface area contributed by atoms with Crippen molar-refractivity contribution in [3.8, 4) is 11.1 Å². The van der Waals surface area contributed by atoms with Crippen LogP contribution in [0.25, 0.3) is 11.1 Å². The van der Waals surface area contributed by atoms with Gasteiger partial charge >= 0.3 is 0 Å². The number of anilines is 9. The summed E-state index contributed by atoms with van der Waals surface area (Å²) in [5.41, 5.74) is 20.5. The monoisotopic (exact) mass is 803 g/mol. The van der Waals surface area contributed by atoms with Gasteiger partial charge in [-0.3, -0.25) is 0 Å². The maximum absolute atomic E-state index is 2.60. The SMILES string of the molecule is CCc1ccc2c(c1)B1c3ccccc3N(c3cccc(N4c5ccccc5Sc5ccccc54)c3)c3cc(C4CCCCC4)cc(c31)N2c1ccc(-c2ccccc2)cc1. The molecule has 1 fully saturated rings. The van der Waals surface area contributed by atoms with E-state index < -0.39 is 0 Å². The van der Waals surface area contributed by atoms with E-state index in [-0.39, 0.29) is 6.71 Å². The molecule has 0 bridgehead atoms. The number of hydrogen-bond acceptors (Lipinski definition) is 4. The van der Waals surface area contributed by atoms with E-state index in [0.717, 1.165) is 12.1 Å². The lowest BCUT2D eigenvalue weighted by Gasteiger charge is -2.45. The summed E-state index contributed by atoms with van der Waals surface area (Å²) in [5.74, 6) is 0.532. The zero-order valence-corrected chi connectivity index (χ0v) is 35.3. The molecule has 61 heavy (non-hydrogen) atoms. The fraction of sp³-hybridized carbons (Fsp3) is 0.143. The summed E-state index contributed by atoms with van der Waals surface area (Å²) in [6, 6.07) is 68.6. The molecule has 0 unspecified atom stereocenters. The highest BCUT2D eigenvalue weighted by Crippen LogP contribution is 2.53. The Labute approximate surface area is 364 Å². The molecule has 8 aromatic carbocycles. The van der Waals surface area contributed by atoms with Crippen LogP contribution in [-0.4, -0.2) is 6.71 Å². The number of nitrogens with zero attached hydrogens (tertiary/aromatic N) is 3. The van der Waals surface area contributed by atoms with Crippen molar-refractivity contribution in [2.75, 3.05) is 14.7 Å². The van der Waals surface area contributed by atoms with E-state index in [1.165, 1.54) is 126 Å². The summed E-state index contributed by atoms with van der Waals surface area (Å²) in [6.07, 6.45) is 7.38. The predicted molar refractivity (Wildman–Crippen MR) is 260 cm³/mol. The van der Waals surface area contributed by atoms with E-state index in [9.17, 15) is 0 Å². The fourth-order valence-corrected chi connectivity index (χ4v) is 11.7. The molecular weight excluding hydrogens is 758 g/mol. The lowest BCUT2D eigenvalue weighted by atomic mass is 9.33. The molecule has 0 atom stereocenters. The van der Waals surface area contributed by atoms with Gasteiger partial charge in [-0.25, -0.2) is 0 Å². The Hall–Kier alpha value is -6.43. The Kier molecular flexibility index (Phi) is 8.92. The van der Waals surface area contributed by atoms with Crippen LogP contribution in [-0.2, 0) is 6.42 Å². The standard InChI is InChI=1S/C56H46BN3S/c1-2-38-28-33-49-47(34-38)57-46-22-9-10-23-48(46)59(44-20-15-21-45(37-44)60-50-24-11-13-26-54(50)61-55-27-14-12-25-51(55)60)53-36-42(40-18-7-4-8-19-40)35-52(56(53)57)58(49)43-31-29-41(30-32-43)39-16-5-3-6-17-39/h3,5-6,9-17,20-37,40H,2,4,7-8,18-19H2,1H3. The molecule has 0 saturated heterocycles.